The Bertz CT molecular complexity index is 1110. The third-order valence-electron chi connectivity index (χ3n) is 5.77. The lowest BCUT2D eigenvalue weighted by Gasteiger charge is -2.17. The number of hydrogen-bond acceptors (Lipinski definition) is 4. The number of Topliss-reactive ketones (excluding diaryl/α,β-unsaturated/α-hetero) is 2. The largest absolute Gasteiger partial charge is 0.365 e. The van der Waals surface area contributed by atoms with E-state index < -0.39 is 12.2 Å². The van der Waals surface area contributed by atoms with Gasteiger partial charge in [0.1, 0.15) is 12.2 Å². The Kier molecular flexibility index (Phi) is 12.1. The molecule has 0 heterocycles. The molecule has 0 saturated heterocycles. The van der Waals surface area contributed by atoms with Gasteiger partial charge in [-0.1, -0.05) is 135 Å². The van der Waals surface area contributed by atoms with E-state index in [1.807, 2.05) is 135 Å². The van der Waals surface area contributed by atoms with Crippen molar-refractivity contribution in [3.05, 3.63) is 144 Å². The smallest absolute Gasteiger partial charge is 0.196 e. The summed E-state index contributed by atoms with van der Waals surface area (Å²) >= 11 is 0. The Morgan fingerprint density at radius 3 is 1.08 bits per heavy atom. The third-order valence-corrected chi connectivity index (χ3v) is 5.77. The highest BCUT2D eigenvalue weighted by Crippen LogP contribution is 2.23. The molecule has 0 radical (unpaired) electrons. The fourth-order valence-corrected chi connectivity index (χ4v) is 3.88. The van der Waals surface area contributed by atoms with E-state index in [0.717, 1.165) is 24.0 Å². The molecule has 0 aliphatic carbocycles. The molecule has 0 bridgehead atoms. The number of carbonyl (C=O) groups excluding carboxylic acids is 2. The second kappa shape index (κ2) is 16.1. The van der Waals surface area contributed by atoms with Crippen LogP contribution >= 0.6 is 0 Å². The molecular weight excluding hydrogens is 472 g/mol. The molecule has 0 spiro atoms. The Labute approximate surface area is 226 Å². The van der Waals surface area contributed by atoms with Gasteiger partial charge in [-0.25, -0.2) is 0 Å². The summed E-state index contributed by atoms with van der Waals surface area (Å²) in [6.07, 6.45) is 0.767. The fourth-order valence-electron chi connectivity index (χ4n) is 3.88. The maximum Gasteiger partial charge on any atom is 0.196 e. The highest BCUT2D eigenvalue weighted by molar-refractivity contribution is 6.00. The SMILES string of the molecule is CCCOC(C(=O)c1ccccc1)c1ccccc1.CCCOC(C(=O)c1ccccc1)c1ccccc1. The first-order chi connectivity index (χ1) is 18.7. The fraction of sp³-hybridized carbons (Fsp3) is 0.235. The highest BCUT2D eigenvalue weighted by atomic mass is 16.5. The summed E-state index contributed by atoms with van der Waals surface area (Å²) in [6, 6.07) is 37.9. The standard InChI is InChI=1S/2C17H18O2/c2*1-2-13-19-17(15-11-7-4-8-12-15)16(18)14-9-5-3-6-10-14/h2*3-12,17H,2,13H2,1H3. The molecule has 4 aromatic carbocycles. The van der Waals surface area contributed by atoms with Crippen LogP contribution in [0.2, 0.25) is 0 Å². The first-order valence-corrected chi connectivity index (χ1v) is 13.2. The second-order valence-electron chi connectivity index (χ2n) is 8.78. The van der Waals surface area contributed by atoms with E-state index in [1.165, 1.54) is 0 Å². The van der Waals surface area contributed by atoms with Crippen LogP contribution in [0.15, 0.2) is 121 Å². The third kappa shape index (κ3) is 8.62. The first kappa shape index (κ1) is 28.7. The summed E-state index contributed by atoms with van der Waals surface area (Å²) in [4.78, 5) is 25.1. The zero-order chi connectivity index (χ0) is 27.0. The van der Waals surface area contributed by atoms with Crippen LogP contribution in [0, 0.1) is 0 Å². The second-order valence-corrected chi connectivity index (χ2v) is 8.78. The van der Waals surface area contributed by atoms with E-state index in [-0.39, 0.29) is 11.6 Å². The van der Waals surface area contributed by atoms with Crippen LogP contribution in [0.5, 0.6) is 0 Å². The molecule has 2 atom stereocenters. The molecule has 4 aromatic rings. The summed E-state index contributed by atoms with van der Waals surface area (Å²) in [5.74, 6) is 0.0282. The quantitative estimate of drug-likeness (QED) is 0.182. The van der Waals surface area contributed by atoms with Crippen LogP contribution in [0.3, 0.4) is 0 Å². The van der Waals surface area contributed by atoms with Crippen molar-refractivity contribution >= 4 is 11.6 Å². The molecule has 0 aliphatic heterocycles. The first-order valence-electron chi connectivity index (χ1n) is 13.2. The number of ether oxygens (including phenoxy) is 2. The number of rotatable bonds is 12. The van der Waals surface area contributed by atoms with E-state index in [9.17, 15) is 9.59 Å². The molecule has 0 amide bonds. The molecule has 4 heteroatoms. The van der Waals surface area contributed by atoms with E-state index in [2.05, 4.69) is 0 Å². The molecule has 4 rings (SSSR count). The van der Waals surface area contributed by atoms with Gasteiger partial charge >= 0.3 is 0 Å². The van der Waals surface area contributed by atoms with Gasteiger partial charge in [0, 0.05) is 24.3 Å². The normalized spacial score (nSPS) is 12.1. The van der Waals surface area contributed by atoms with Crippen molar-refractivity contribution in [2.45, 2.75) is 38.9 Å². The predicted molar refractivity (Wildman–Crippen MR) is 152 cm³/mol. The Hall–Kier alpha value is -3.86. The van der Waals surface area contributed by atoms with Crippen LogP contribution in [0.25, 0.3) is 0 Å². The molecule has 0 aliphatic rings. The van der Waals surface area contributed by atoms with Gasteiger partial charge in [0.25, 0.3) is 0 Å². The minimum absolute atomic E-state index is 0.0141. The molecule has 0 saturated carbocycles. The molecule has 2 unspecified atom stereocenters. The molecule has 196 valence electrons. The molecule has 0 aromatic heterocycles. The lowest BCUT2D eigenvalue weighted by atomic mass is 10.00. The highest BCUT2D eigenvalue weighted by Gasteiger charge is 2.23. The average molecular weight is 509 g/mol. The maximum atomic E-state index is 12.5. The minimum Gasteiger partial charge on any atom is -0.365 e. The number of carbonyl (C=O) groups is 2. The number of hydrogen-bond donors (Lipinski definition) is 0. The van der Waals surface area contributed by atoms with Crippen LogP contribution in [0.1, 0.15) is 70.7 Å². The van der Waals surface area contributed by atoms with Crippen molar-refractivity contribution in [1.82, 2.24) is 0 Å². The zero-order valence-electron chi connectivity index (χ0n) is 22.2. The van der Waals surface area contributed by atoms with Crippen LogP contribution in [-0.4, -0.2) is 24.8 Å². The van der Waals surface area contributed by atoms with E-state index in [1.54, 1.807) is 0 Å². The molecule has 0 N–H and O–H groups in total. The van der Waals surface area contributed by atoms with Gasteiger partial charge in [-0.2, -0.15) is 0 Å². The average Bonchev–Trinajstić information content (AvgIpc) is 2.99. The summed E-state index contributed by atoms with van der Waals surface area (Å²) in [6.45, 7) is 5.24. The topological polar surface area (TPSA) is 52.6 Å². The lowest BCUT2D eigenvalue weighted by Crippen LogP contribution is -2.17. The Morgan fingerprint density at radius 1 is 0.500 bits per heavy atom. The van der Waals surface area contributed by atoms with Crippen LogP contribution < -0.4 is 0 Å². The molecule has 38 heavy (non-hydrogen) atoms. The van der Waals surface area contributed by atoms with Gasteiger partial charge < -0.3 is 9.47 Å². The van der Waals surface area contributed by atoms with Crippen molar-refractivity contribution in [2.75, 3.05) is 13.2 Å². The predicted octanol–water partition coefficient (Wildman–Crippen LogP) is 8.07. The van der Waals surface area contributed by atoms with Crippen molar-refractivity contribution in [3.8, 4) is 0 Å². The monoisotopic (exact) mass is 508 g/mol. The maximum absolute atomic E-state index is 12.5. The zero-order valence-corrected chi connectivity index (χ0v) is 22.2. The van der Waals surface area contributed by atoms with E-state index in [0.29, 0.717) is 24.3 Å². The number of ketones is 2. The van der Waals surface area contributed by atoms with Crippen molar-refractivity contribution in [2.24, 2.45) is 0 Å². The number of benzene rings is 4. The molecule has 0 fully saturated rings. The van der Waals surface area contributed by atoms with E-state index in [4.69, 9.17) is 9.47 Å². The van der Waals surface area contributed by atoms with Crippen molar-refractivity contribution in [1.29, 1.82) is 0 Å². The Balaban J connectivity index is 0.000000211. The molecule has 4 nitrogen and oxygen atoms in total. The van der Waals surface area contributed by atoms with Gasteiger partial charge in [0.15, 0.2) is 11.6 Å². The molecular formula is C34H36O4. The minimum atomic E-state index is -0.511. The summed E-state index contributed by atoms with van der Waals surface area (Å²) in [5, 5.41) is 0. The van der Waals surface area contributed by atoms with Crippen molar-refractivity contribution in [3.63, 3.8) is 0 Å². The summed E-state index contributed by atoms with van der Waals surface area (Å²) in [7, 11) is 0. The van der Waals surface area contributed by atoms with Gasteiger partial charge in [-0.05, 0) is 24.0 Å². The van der Waals surface area contributed by atoms with Crippen LogP contribution in [-0.2, 0) is 9.47 Å². The Morgan fingerprint density at radius 2 is 0.789 bits per heavy atom. The van der Waals surface area contributed by atoms with Gasteiger partial charge in [0.05, 0.1) is 0 Å². The van der Waals surface area contributed by atoms with Crippen LogP contribution in [0.4, 0.5) is 0 Å². The van der Waals surface area contributed by atoms with Crippen molar-refractivity contribution < 1.29 is 19.1 Å². The van der Waals surface area contributed by atoms with Gasteiger partial charge in [0.2, 0.25) is 0 Å². The summed E-state index contributed by atoms with van der Waals surface area (Å²) < 4.78 is 11.5. The van der Waals surface area contributed by atoms with E-state index >= 15 is 0 Å². The lowest BCUT2D eigenvalue weighted by molar-refractivity contribution is 0.0405. The van der Waals surface area contributed by atoms with Gasteiger partial charge in [-0.3, -0.25) is 9.59 Å². The summed E-state index contributed by atoms with van der Waals surface area (Å²) in [5.41, 5.74) is 3.19. The van der Waals surface area contributed by atoms with Gasteiger partial charge in [-0.15, -0.1) is 0 Å².